The molecule has 96 valence electrons. The molecule has 2 fully saturated rings. The summed E-state index contributed by atoms with van der Waals surface area (Å²) >= 11 is 2.32. The van der Waals surface area contributed by atoms with E-state index in [2.05, 4.69) is 53.9 Å². The van der Waals surface area contributed by atoms with Crippen molar-refractivity contribution in [3.8, 4) is 0 Å². The van der Waals surface area contributed by atoms with Crippen molar-refractivity contribution in [1.29, 1.82) is 0 Å². The zero-order valence-corrected chi connectivity index (χ0v) is 13.0. The molecule has 2 nitrogen and oxygen atoms in total. The first-order valence-electron chi connectivity index (χ1n) is 6.61. The third-order valence-corrected chi connectivity index (χ3v) is 5.22. The fraction of sp³-hybridized carbons (Fsp3) is 0.533. The molecule has 0 aliphatic heterocycles. The van der Waals surface area contributed by atoms with E-state index in [0.717, 1.165) is 18.5 Å². The number of benzene rings is 1. The van der Waals surface area contributed by atoms with Crippen LogP contribution in [0.2, 0.25) is 0 Å². The van der Waals surface area contributed by atoms with Gasteiger partial charge in [0, 0.05) is 9.26 Å². The molecule has 2 unspecified atom stereocenters. The van der Waals surface area contributed by atoms with Crippen LogP contribution in [0.25, 0.3) is 0 Å². The summed E-state index contributed by atoms with van der Waals surface area (Å²) in [6.45, 7) is 4.14. The van der Waals surface area contributed by atoms with Gasteiger partial charge in [0.1, 0.15) is 0 Å². The number of anilines is 1. The Balaban J connectivity index is 1.83. The Bertz CT molecular complexity index is 502. The molecule has 0 radical (unpaired) electrons. The van der Waals surface area contributed by atoms with Crippen LogP contribution < -0.4 is 5.32 Å². The molecular formula is C15H18INO. The van der Waals surface area contributed by atoms with Crippen LogP contribution in [-0.4, -0.2) is 5.91 Å². The molecule has 2 saturated carbocycles. The SMILES string of the molecule is Cc1cc(I)cc(C)c1NC(=O)C12CCCC1C2. The standard InChI is InChI=1S/C15H18INO/c1-9-6-12(16)7-10(2)13(9)17-14(18)15-5-3-4-11(15)8-15/h6-7,11H,3-5,8H2,1-2H3,(H,17,18). The van der Waals surface area contributed by atoms with Gasteiger partial charge in [0.25, 0.3) is 0 Å². The molecule has 0 heterocycles. The van der Waals surface area contributed by atoms with Crippen molar-refractivity contribution in [1.82, 2.24) is 0 Å². The van der Waals surface area contributed by atoms with E-state index < -0.39 is 0 Å². The molecule has 1 amide bonds. The zero-order valence-electron chi connectivity index (χ0n) is 10.8. The molecular weight excluding hydrogens is 337 g/mol. The fourth-order valence-corrected chi connectivity index (χ4v) is 4.40. The number of carbonyl (C=O) groups is 1. The number of halogens is 1. The predicted molar refractivity (Wildman–Crippen MR) is 81.7 cm³/mol. The number of aryl methyl sites for hydroxylation is 2. The minimum Gasteiger partial charge on any atom is -0.325 e. The highest BCUT2D eigenvalue weighted by molar-refractivity contribution is 14.1. The summed E-state index contributed by atoms with van der Waals surface area (Å²) in [6, 6.07) is 4.25. The van der Waals surface area contributed by atoms with Crippen molar-refractivity contribution in [2.24, 2.45) is 11.3 Å². The van der Waals surface area contributed by atoms with Crippen LogP contribution >= 0.6 is 22.6 Å². The molecule has 1 aromatic carbocycles. The quantitative estimate of drug-likeness (QED) is 0.798. The van der Waals surface area contributed by atoms with E-state index in [9.17, 15) is 4.79 Å². The van der Waals surface area contributed by atoms with Gasteiger partial charge in [0.15, 0.2) is 0 Å². The van der Waals surface area contributed by atoms with E-state index in [1.54, 1.807) is 0 Å². The second-order valence-electron chi connectivity index (χ2n) is 5.82. The summed E-state index contributed by atoms with van der Waals surface area (Å²) in [5.41, 5.74) is 3.35. The van der Waals surface area contributed by atoms with Crippen molar-refractivity contribution >= 4 is 34.2 Å². The molecule has 2 atom stereocenters. The van der Waals surface area contributed by atoms with Crippen LogP contribution in [0.1, 0.15) is 36.8 Å². The summed E-state index contributed by atoms with van der Waals surface area (Å²) < 4.78 is 1.23. The average Bonchev–Trinajstić information content (AvgIpc) is 2.86. The first-order valence-corrected chi connectivity index (χ1v) is 7.69. The van der Waals surface area contributed by atoms with Crippen LogP contribution in [-0.2, 0) is 4.79 Å². The van der Waals surface area contributed by atoms with Gasteiger partial charge >= 0.3 is 0 Å². The summed E-state index contributed by atoms with van der Waals surface area (Å²) in [7, 11) is 0. The van der Waals surface area contributed by atoms with Crippen molar-refractivity contribution in [3.63, 3.8) is 0 Å². The minimum absolute atomic E-state index is 0.00186. The Morgan fingerprint density at radius 1 is 1.39 bits per heavy atom. The lowest BCUT2D eigenvalue weighted by molar-refractivity contribution is -0.121. The van der Waals surface area contributed by atoms with Crippen LogP contribution in [0.5, 0.6) is 0 Å². The number of hydrogen-bond acceptors (Lipinski definition) is 1. The Morgan fingerprint density at radius 3 is 2.56 bits per heavy atom. The molecule has 2 aliphatic rings. The smallest absolute Gasteiger partial charge is 0.230 e. The van der Waals surface area contributed by atoms with Gasteiger partial charge in [-0.1, -0.05) is 6.42 Å². The van der Waals surface area contributed by atoms with Crippen molar-refractivity contribution in [2.75, 3.05) is 5.32 Å². The normalized spacial score (nSPS) is 28.9. The summed E-state index contributed by atoms with van der Waals surface area (Å²) in [6.07, 6.45) is 4.67. The van der Waals surface area contributed by atoms with Crippen LogP contribution in [0.3, 0.4) is 0 Å². The third kappa shape index (κ3) is 1.87. The van der Waals surface area contributed by atoms with E-state index in [0.29, 0.717) is 5.92 Å². The van der Waals surface area contributed by atoms with Gasteiger partial charge in [-0.05, 0) is 84.9 Å². The molecule has 2 aliphatic carbocycles. The second kappa shape index (κ2) is 4.22. The predicted octanol–water partition coefficient (Wildman–Crippen LogP) is 4.04. The van der Waals surface area contributed by atoms with E-state index in [4.69, 9.17) is 0 Å². The number of fused-ring (bicyclic) bond motifs is 1. The Kier molecular flexibility index (Phi) is 2.92. The Labute approximate surface area is 122 Å². The monoisotopic (exact) mass is 355 g/mol. The van der Waals surface area contributed by atoms with Crippen molar-refractivity contribution in [2.45, 2.75) is 39.5 Å². The van der Waals surface area contributed by atoms with Gasteiger partial charge in [-0.25, -0.2) is 0 Å². The number of amides is 1. The molecule has 0 aromatic heterocycles. The largest absolute Gasteiger partial charge is 0.325 e. The van der Waals surface area contributed by atoms with Gasteiger partial charge in [0.2, 0.25) is 5.91 Å². The molecule has 3 rings (SSSR count). The lowest BCUT2D eigenvalue weighted by atomic mass is 10.0. The van der Waals surface area contributed by atoms with Crippen molar-refractivity contribution in [3.05, 3.63) is 26.8 Å². The van der Waals surface area contributed by atoms with Gasteiger partial charge in [-0.2, -0.15) is 0 Å². The first kappa shape index (κ1) is 12.5. The number of nitrogens with one attached hydrogen (secondary N) is 1. The van der Waals surface area contributed by atoms with E-state index in [1.807, 2.05) is 0 Å². The summed E-state index contributed by atoms with van der Waals surface area (Å²) in [5.74, 6) is 0.930. The second-order valence-corrected chi connectivity index (χ2v) is 7.06. The molecule has 3 heteroatoms. The summed E-state index contributed by atoms with van der Waals surface area (Å²) in [5, 5.41) is 3.19. The fourth-order valence-electron chi connectivity index (χ4n) is 3.47. The average molecular weight is 355 g/mol. The summed E-state index contributed by atoms with van der Waals surface area (Å²) in [4.78, 5) is 12.5. The Hall–Kier alpha value is -0.580. The van der Waals surface area contributed by atoms with E-state index in [1.165, 1.54) is 27.5 Å². The highest BCUT2D eigenvalue weighted by Gasteiger charge is 2.61. The maximum atomic E-state index is 12.5. The van der Waals surface area contributed by atoms with Crippen LogP contribution in [0.4, 0.5) is 5.69 Å². The first-order chi connectivity index (χ1) is 8.53. The van der Waals surface area contributed by atoms with Crippen molar-refractivity contribution < 1.29 is 4.79 Å². The van der Waals surface area contributed by atoms with Crippen LogP contribution in [0.15, 0.2) is 12.1 Å². The van der Waals surface area contributed by atoms with E-state index >= 15 is 0 Å². The number of rotatable bonds is 2. The highest BCUT2D eigenvalue weighted by Crippen LogP contribution is 2.63. The molecule has 0 spiro atoms. The number of carbonyl (C=O) groups excluding carboxylic acids is 1. The van der Waals surface area contributed by atoms with Gasteiger partial charge < -0.3 is 5.32 Å². The maximum absolute atomic E-state index is 12.5. The lowest BCUT2D eigenvalue weighted by Gasteiger charge is -2.16. The third-order valence-electron chi connectivity index (χ3n) is 4.60. The molecule has 1 N–H and O–H groups in total. The zero-order chi connectivity index (χ0) is 12.9. The molecule has 1 aromatic rings. The maximum Gasteiger partial charge on any atom is 0.230 e. The topological polar surface area (TPSA) is 29.1 Å². The molecule has 18 heavy (non-hydrogen) atoms. The van der Waals surface area contributed by atoms with Gasteiger partial charge in [-0.15, -0.1) is 0 Å². The van der Waals surface area contributed by atoms with Gasteiger partial charge in [-0.3, -0.25) is 4.79 Å². The van der Waals surface area contributed by atoms with Crippen LogP contribution in [0, 0.1) is 28.8 Å². The van der Waals surface area contributed by atoms with Gasteiger partial charge in [0.05, 0.1) is 5.41 Å². The molecule has 0 saturated heterocycles. The minimum atomic E-state index is 0.00186. The Morgan fingerprint density at radius 2 is 2.06 bits per heavy atom. The lowest BCUT2D eigenvalue weighted by Crippen LogP contribution is -2.24. The van der Waals surface area contributed by atoms with E-state index in [-0.39, 0.29) is 11.3 Å². The highest BCUT2D eigenvalue weighted by atomic mass is 127. The number of hydrogen-bond donors (Lipinski definition) is 1. The molecule has 0 bridgehead atoms.